The molecule has 0 aliphatic rings. The molecule has 1 N–H and O–H groups in total. The van der Waals surface area contributed by atoms with Crippen LogP contribution in [-0.4, -0.2) is 13.0 Å². The van der Waals surface area contributed by atoms with Crippen molar-refractivity contribution >= 4 is 28.5 Å². The summed E-state index contributed by atoms with van der Waals surface area (Å²) < 4.78 is 19.5. The molecule has 0 saturated carbocycles. The van der Waals surface area contributed by atoms with E-state index in [-0.39, 0.29) is 18.2 Å². The topological polar surface area (TPSA) is 38.3 Å². The van der Waals surface area contributed by atoms with E-state index in [0.717, 1.165) is 9.13 Å². The molecule has 3 nitrogen and oxygen atoms in total. The first-order chi connectivity index (χ1) is 10.0. The van der Waals surface area contributed by atoms with Gasteiger partial charge in [-0.15, -0.1) is 0 Å². The molecule has 1 amide bonds. The molecule has 0 aliphatic heterocycles. The van der Waals surface area contributed by atoms with Crippen LogP contribution in [0, 0.1) is 16.3 Å². The van der Waals surface area contributed by atoms with Gasteiger partial charge in [0.1, 0.15) is 0 Å². The quantitative estimate of drug-likeness (QED) is 0.797. The van der Waals surface area contributed by atoms with Gasteiger partial charge in [-0.25, -0.2) is 4.39 Å². The van der Waals surface area contributed by atoms with Crippen LogP contribution in [0.4, 0.5) is 4.39 Å². The number of nitrogens with one attached hydrogen (secondary N) is 1. The smallest absolute Gasteiger partial charge is 0.251 e. The molecular weight excluding hydrogens is 384 g/mol. The lowest BCUT2D eigenvalue weighted by Gasteiger charge is -2.08. The third-order valence-corrected chi connectivity index (χ3v) is 4.27. The van der Waals surface area contributed by atoms with E-state index in [1.54, 1.807) is 18.2 Å². The normalized spacial score (nSPS) is 10.3. The predicted molar refractivity (Wildman–Crippen MR) is 88.0 cm³/mol. The zero-order valence-electron chi connectivity index (χ0n) is 11.7. The Hall–Kier alpha value is -1.63. The van der Waals surface area contributed by atoms with Crippen molar-refractivity contribution in [2.24, 2.45) is 0 Å². The Morgan fingerprint density at radius 1 is 1.29 bits per heavy atom. The predicted octanol–water partition coefficient (Wildman–Crippen LogP) is 3.68. The third-order valence-electron chi connectivity index (χ3n) is 3.10. The molecule has 0 aromatic heterocycles. The summed E-state index contributed by atoms with van der Waals surface area (Å²) in [5.41, 5.74) is 2.41. The molecule has 0 atom stereocenters. The standard InChI is InChI=1S/C16H15FINO2/c1-10-3-5-12(8-14(10)18)16(20)19-9-11-4-6-15(21-2)13(17)7-11/h3-8H,9H2,1-2H3,(H,19,20). The first-order valence-electron chi connectivity index (χ1n) is 6.38. The minimum absolute atomic E-state index is 0.177. The Bertz CT molecular complexity index is 673. The number of rotatable bonds is 4. The van der Waals surface area contributed by atoms with Gasteiger partial charge >= 0.3 is 0 Å². The van der Waals surface area contributed by atoms with Crippen LogP contribution in [0.1, 0.15) is 21.5 Å². The zero-order valence-corrected chi connectivity index (χ0v) is 13.9. The van der Waals surface area contributed by atoms with Crippen molar-refractivity contribution in [3.8, 4) is 5.75 Å². The van der Waals surface area contributed by atoms with Crippen LogP contribution < -0.4 is 10.1 Å². The monoisotopic (exact) mass is 399 g/mol. The summed E-state index contributed by atoms with van der Waals surface area (Å²) in [6.07, 6.45) is 0. The number of aryl methyl sites for hydroxylation is 1. The van der Waals surface area contributed by atoms with Gasteiger partial charge in [0.25, 0.3) is 5.91 Å². The first-order valence-corrected chi connectivity index (χ1v) is 7.46. The highest BCUT2D eigenvalue weighted by Gasteiger charge is 2.08. The fraction of sp³-hybridized carbons (Fsp3) is 0.188. The molecule has 2 rings (SSSR count). The zero-order chi connectivity index (χ0) is 15.4. The molecule has 0 unspecified atom stereocenters. The van der Waals surface area contributed by atoms with Crippen LogP contribution in [-0.2, 0) is 6.54 Å². The highest BCUT2D eigenvalue weighted by molar-refractivity contribution is 14.1. The summed E-state index contributed by atoms with van der Waals surface area (Å²) >= 11 is 2.19. The van der Waals surface area contributed by atoms with Gasteiger partial charge < -0.3 is 10.1 Å². The highest BCUT2D eigenvalue weighted by Crippen LogP contribution is 2.18. The van der Waals surface area contributed by atoms with E-state index in [9.17, 15) is 9.18 Å². The number of carbonyl (C=O) groups excluding carboxylic acids is 1. The van der Waals surface area contributed by atoms with Crippen molar-refractivity contribution in [2.75, 3.05) is 7.11 Å². The molecule has 5 heteroatoms. The lowest BCUT2D eigenvalue weighted by atomic mass is 10.1. The average Bonchev–Trinajstić information content (AvgIpc) is 2.47. The minimum Gasteiger partial charge on any atom is -0.494 e. The summed E-state index contributed by atoms with van der Waals surface area (Å²) in [5.74, 6) is -0.420. The van der Waals surface area contributed by atoms with Crippen molar-refractivity contribution in [1.29, 1.82) is 0 Å². The Morgan fingerprint density at radius 2 is 2.05 bits per heavy atom. The minimum atomic E-state index is -0.436. The SMILES string of the molecule is COc1ccc(CNC(=O)c2ccc(C)c(I)c2)cc1F. The molecule has 2 aromatic carbocycles. The van der Waals surface area contributed by atoms with Crippen LogP contribution >= 0.6 is 22.6 Å². The van der Waals surface area contributed by atoms with Gasteiger partial charge in [-0.05, 0) is 64.9 Å². The Balaban J connectivity index is 2.03. The number of halogens is 2. The van der Waals surface area contributed by atoms with E-state index in [4.69, 9.17) is 4.74 Å². The summed E-state index contributed by atoms with van der Waals surface area (Å²) in [4.78, 5) is 12.1. The lowest BCUT2D eigenvalue weighted by Crippen LogP contribution is -2.23. The maximum absolute atomic E-state index is 13.6. The summed E-state index contributed by atoms with van der Waals surface area (Å²) in [6, 6.07) is 10.1. The third kappa shape index (κ3) is 3.93. The van der Waals surface area contributed by atoms with E-state index >= 15 is 0 Å². The molecular formula is C16H15FINO2. The number of hydrogen-bond donors (Lipinski definition) is 1. The van der Waals surface area contributed by atoms with Crippen molar-refractivity contribution < 1.29 is 13.9 Å². The van der Waals surface area contributed by atoms with Gasteiger partial charge in [-0.3, -0.25) is 4.79 Å². The maximum atomic E-state index is 13.6. The average molecular weight is 399 g/mol. The molecule has 2 aromatic rings. The van der Waals surface area contributed by atoms with Crippen molar-refractivity contribution in [3.05, 3.63) is 62.5 Å². The van der Waals surface area contributed by atoms with E-state index < -0.39 is 5.82 Å². The van der Waals surface area contributed by atoms with Gasteiger partial charge in [-0.1, -0.05) is 12.1 Å². The molecule has 0 bridgehead atoms. The van der Waals surface area contributed by atoms with Crippen LogP contribution in [0.25, 0.3) is 0 Å². The van der Waals surface area contributed by atoms with E-state index in [1.807, 2.05) is 19.1 Å². The van der Waals surface area contributed by atoms with Crippen molar-refractivity contribution in [2.45, 2.75) is 13.5 Å². The molecule has 0 saturated heterocycles. The molecule has 21 heavy (non-hydrogen) atoms. The van der Waals surface area contributed by atoms with Gasteiger partial charge in [0.15, 0.2) is 11.6 Å². The first kappa shape index (κ1) is 15.8. The van der Waals surface area contributed by atoms with Crippen LogP contribution in [0.15, 0.2) is 36.4 Å². The summed E-state index contributed by atoms with van der Waals surface area (Å²) in [5, 5.41) is 2.78. The maximum Gasteiger partial charge on any atom is 0.251 e. The molecule has 0 spiro atoms. The van der Waals surface area contributed by atoms with E-state index in [2.05, 4.69) is 27.9 Å². The number of hydrogen-bond acceptors (Lipinski definition) is 2. The van der Waals surface area contributed by atoms with Crippen molar-refractivity contribution in [3.63, 3.8) is 0 Å². The van der Waals surface area contributed by atoms with Crippen LogP contribution in [0.5, 0.6) is 5.75 Å². The summed E-state index contributed by atoms with van der Waals surface area (Å²) in [7, 11) is 1.42. The number of methoxy groups -OCH3 is 1. The highest BCUT2D eigenvalue weighted by atomic mass is 127. The van der Waals surface area contributed by atoms with Crippen LogP contribution in [0.2, 0.25) is 0 Å². The van der Waals surface area contributed by atoms with Gasteiger partial charge in [0, 0.05) is 15.7 Å². The Morgan fingerprint density at radius 3 is 2.67 bits per heavy atom. The van der Waals surface area contributed by atoms with Gasteiger partial charge in [-0.2, -0.15) is 0 Å². The van der Waals surface area contributed by atoms with E-state index in [1.165, 1.54) is 13.2 Å². The molecule has 0 fully saturated rings. The molecule has 0 radical (unpaired) electrons. The second-order valence-electron chi connectivity index (χ2n) is 4.62. The Labute approximate surface area is 136 Å². The van der Waals surface area contributed by atoms with Crippen molar-refractivity contribution in [1.82, 2.24) is 5.32 Å². The number of carbonyl (C=O) groups is 1. The Kier molecular flexibility index (Phi) is 5.17. The van der Waals surface area contributed by atoms with Gasteiger partial charge in [0.2, 0.25) is 0 Å². The lowest BCUT2D eigenvalue weighted by molar-refractivity contribution is 0.0951. The molecule has 110 valence electrons. The number of ether oxygens (including phenoxy) is 1. The number of benzene rings is 2. The fourth-order valence-electron chi connectivity index (χ4n) is 1.84. The number of amides is 1. The van der Waals surface area contributed by atoms with E-state index in [0.29, 0.717) is 11.1 Å². The fourth-order valence-corrected chi connectivity index (χ4v) is 2.35. The summed E-state index contributed by atoms with van der Waals surface area (Å²) in [6.45, 7) is 2.26. The van der Waals surface area contributed by atoms with Crippen LogP contribution in [0.3, 0.4) is 0 Å². The second kappa shape index (κ2) is 6.89. The second-order valence-corrected chi connectivity index (χ2v) is 5.78. The largest absolute Gasteiger partial charge is 0.494 e. The molecule has 0 heterocycles. The molecule has 0 aliphatic carbocycles. The van der Waals surface area contributed by atoms with Gasteiger partial charge in [0.05, 0.1) is 7.11 Å².